The summed E-state index contributed by atoms with van der Waals surface area (Å²) in [6.07, 6.45) is 1.51. The van der Waals surface area contributed by atoms with Gasteiger partial charge in [-0.15, -0.1) is 0 Å². The monoisotopic (exact) mass is 258 g/mol. The van der Waals surface area contributed by atoms with Gasteiger partial charge >= 0.3 is 5.97 Å². The maximum atomic E-state index is 11.0. The van der Waals surface area contributed by atoms with Crippen LogP contribution in [0.5, 0.6) is 0 Å². The first-order chi connectivity index (χ1) is 8.88. The summed E-state index contributed by atoms with van der Waals surface area (Å²) in [5.74, 6) is -0.955. The van der Waals surface area contributed by atoms with Gasteiger partial charge in [0, 0.05) is 6.20 Å². The van der Waals surface area contributed by atoms with E-state index in [1.54, 1.807) is 0 Å². The van der Waals surface area contributed by atoms with Gasteiger partial charge in [0.15, 0.2) is 0 Å². The molecule has 1 heterocycles. The highest BCUT2D eigenvalue weighted by molar-refractivity contribution is 5.85. The number of hydrogen-bond donors (Lipinski definition) is 1. The summed E-state index contributed by atoms with van der Waals surface area (Å²) in [4.78, 5) is 11.0. The lowest BCUT2D eigenvalue weighted by atomic mass is 9.87. The van der Waals surface area contributed by atoms with E-state index < -0.39 is 5.97 Å². The molecule has 100 valence electrons. The zero-order valence-corrected chi connectivity index (χ0v) is 11.4. The van der Waals surface area contributed by atoms with E-state index in [0.717, 1.165) is 5.56 Å². The van der Waals surface area contributed by atoms with Crippen molar-refractivity contribution < 1.29 is 9.90 Å². The van der Waals surface area contributed by atoms with Crippen molar-refractivity contribution in [3.63, 3.8) is 0 Å². The molecule has 1 aromatic carbocycles. The summed E-state index contributed by atoms with van der Waals surface area (Å²) in [5.41, 5.74) is 2.63. The normalized spacial score (nSPS) is 11.5. The Morgan fingerprint density at radius 2 is 1.84 bits per heavy atom. The fourth-order valence-electron chi connectivity index (χ4n) is 1.92. The number of carboxylic acids is 1. The zero-order valence-electron chi connectivity index (χ0n) is 11.4. The van der Waals surface area contributed by atoms with E-state index in [4.69, 9.17) is 5.11 Å². The topological polar surface area (TPSA) is 55.1 Å². The van der Waals surface area contributed by atoms with Crippen LogP contribution in [0, 0.1) is 0 Å². The lowest BCUT2D eigenvalue weighted by molar-refractivity contribution is 0.0684. The fraction of sp³-hybridized carbons (Fsp3) is 0.333. The molecular weight excluding hydrogens is 240 g/mol. The second-order valence-electron chi connectivity index (χ2n) is 5.63. The molecule has 0 spiro atoms. The molecule has 0 unspecified atom stereocenters. The Hall–Kier alpha value is -2.10. The Balaban J connectivity index is 2.20. The molecule has 4 heteroatoms. The molecular formula is C15H18N2O2. The molecule has 19 heavy (non-hydrogen) atoms. The lowest BCUT2D eigenvalue weighted by Crippen LogP contribution is -2.12. The van der Waals surface area contributed by atoms with Gasteiger partial charge < -0.3 is 5.11 Å². The molecule has 4 nitrogen and oxygen atoms in total. The summed E-state index contributed by atoms with van der Waals surface area (Å²) in [5, 5.41) is 13.1. The van der Waals surface area contributed by atoms with Crippen LogP contribution in [0.25, 0.3) is 0 Å². The summed E-state index contributed by atoms with van der Waals surface area (Å²) in [6, 6.07) is 9.71. The van der Waals surface area contributed by atoms with Crippen LogP contribution in [-0.4, -0.2) is 20.9 Å². The van der Waals surface area contributed by atoms with E-state index in [1.165, 1.54) is 22.5 Å². The number of hydrogen-bond acceptors (Lipinski definition) is 2. The molecule has 0 aliphatic heterocycles. The zero-order chi connectivity index (χ0) is 14.0. The first-order valence-electron chi connectivity index (χ1n) is 6.22. The SMILES string of the molecule is CC(C)(C)c1ccc(Cn2nccc2C(=O)O)cc1. The maximum absolute atomic E-state index is 11.0. The van der Waals surface area contributed by atoms with Crippen LogP contribution in [0.4, 0.5) is 0 Å². The van der Waals surface area contributed by atoms with Crippen molar-refractivity contribution in [2.24, 2.45) is 0 Å². The molecule has 0 bridgehead atoms. The highest BCUT2D eigenvalue weighted by Gasteiger charge is 2.14. The first-order valence-corrected chi connectivity index (χ1v) is 6.22. The van der Waals surface area contributed by atoms with Gasteiger partial charge in [0.25, 0.3) is 0 Å². The van der Waals surface area contributed by atoms with Gasteiger partial charge in [-0.2, -0.15) is 5.10 Å². The highest BCUT2D eigenvalue weighted by Crippen LogP contribution is 2.22. The molecule has 1 N–H and O–H groups in total. The Kier molecular flexibility index (Phi) is 3.42. The van der Waals surface area contributed by atoms with Crippen molar-refractivity contribution in [2.45, 2.75) is 32.7 Å². The van der Waals surface area contributed by atoms with Gasteiger partial charge in [-0.3, -0.25) is 4.68 Å². The van der Waals surface area contributed by atoms with Crippen LogP contribution >= 0.6 is 0 Å². The molecule has 0 saturated heterocycles. The van der Waals surface area contributed by atoms with E-state index in [1.807, 2.05) is 12.1 Å². The average Bonchev–Trinajstić information content (AvgIpc) is 2.77. The number of benzene rings is 1. The summed E-state index contributed by atoms with van der Waals surface area (Å²) < 4.78 is 1.49. The molecule has 0 amide bonds. The lowest BCUT2D eigenvalue weighted by Gasteiger charge is -2.19. The van der Waals surface area contributed by atoms with Crippen LogP contribution in [0.1, 0.15) is 42.4 Å². The van der Waals surface area contributed by atoms with Gasteiger partial charge in [-0.1, -0.05) is 45.0 Å². The van der Waals surface area contributed by atoms with Crippen molar-refractivity contribution >= 4 is 5.97 Å². The first kappa shape index (κ1) is 13.3. The standard InChI is InChI=1S/C15H18N2O2/c1-15(2,3)12-6-4-11(5-7-12)10-17-13(14(18)19)8-9-16-17/h4-9H,10H2,1-3H3,(H,18,19). The Labute approximate surface area is 112 Å². The van der Waals surface area contributed by atoms with E-state index in [0.29, 0.717) is 6.54 Å². The quantitative estimate of drug-likeness (QED) is 0.921. The van der Waals surface area contributed by atoms with Crippen LogP contribution in [0.2, 0.25) is 0 Å². The average molecular weight is 258 g/mol. The Morgan fingerprint density at radius 1 is 1.21 bits per heavy atom. The largest absolute Gasteiger partial charge is 0.477 e. The van der Waals surface area contributed by atoms with Gasteiger partial charge in [-0.05, 0) is 22.6 Å². The highest BCUT2D eigenvalue weighted by atomic mass is 16.4. The van der Waals surface area contributed by atoms with Crippen LogP contribution in [0.3, 0.4) is 0 Å². The second kappa shape index (κ2) is 4.88. The number of aromatic nitrogens is 2. The van der Waals surface area contributed by atoms with Crippen molar-refractivity contribution in [3.05, 3.63) is 53.3 Å². The molecule has 1 aromatic heterocycles. The molecule has 2 aromatic rings. The van der Waals surface area contributed by atoms with Crippen LogP contribution in [-0.2, 0) is 12.0 Å². The van der Waals surface area contributed by atoms with Crippen LogP contribution < -0.4 is 0 Å². The third-order valence-corrected chi connectivity index (χ3v) is 3.09. The van der Waals surface area contributed by atoms with E-state index in [2.05, 4.69) is 38.0 Å². The van der Waals surface area contributed by atoms with Crippen molar-refractivity contribution in [3.8, 4) is 0 Å². The molecule has 0 fully saturated rings. The summed E-state index contributed by atoms with van der Waals surface area (Å²) in [7, 11) is 0. The van der Waals surface area contributed by atoms with E-state index in [-0.39, 0.29) is 11.1 Å². The number of carboxylic acid groups (broad SMARTS) is 1. The Bertz CT molecular complexity index is 577. The molecule has 0 atom stereocenters. The molecule has 0 saturated carbocycles. The van der Waals surface area contributed by atoms with Crippen LogP contribution in [0.15, 0.2) is 36.5 Å². The van der Waals surface area contributed by atoms with Gasteiger partial charge in [0.05, 0.1) is 6.54 Å². The fourth-order valence-corrected chi connectivity index (χ4v) is 1.92. The summed E-state index contributed by atoms with van der Waals surface area (Å²) >= 11 is 0. The smallest absolute Gasteiger partial charge is 0.354 e. The van der Waals surface area contributed by atoms with E-state index >= 15 is 0 Å². The predicted octanol–water partition coefficient (Wildman–Crippen LogP) is 2.93. The number of aromatic carboxylic acids is 1. The van der Waals surface area contributed by atoms with Crippen molar-refractivity contribution in [1.29, 1.82) is 0 Å². The minimum absolute atomic E-state index is 0.121. The third-order valence-electron chi connectivity index (χ3n) is 3.09. The van der Waals surface area contributed by atoms with Crippen molar-refractivity contribution in [1.82, 2.24) is 9.78 Å². The second-order valence-corrected chi connectivity index (χ2v) is 5.63. The minimum atomic E-state index is -0.955. The van der Waals surface area contributed by atoms with Crippen molar-refractivity contribution in [2.75, 3.05) is 0 Å². The molecule has 0 radical (unpaired) electrons. The maximum Gasteiger partial charge on any atom is 0.354 e. The minimum Gasteiger partial charge on any atom is -0.477 e. The van der Waals surface area contributed by atoms with Gasteiger partial charge in [0.2, 0.25) is 0 Å². The number of carbonyl (C=O) groups is 1. The summed E-state index contributed by atoms with van der Waals surface area (Å²) in [6.45, 7) is 6.97. The Morgan fingerprint density at radius 3 is 2.37 bits per heavy atom. The van der Waals surface area contributed by atoms with Gasteiger partial charge in [-0.25, -0.2) is 4.79 Å². The molecule has 2 rings (SSSR count). The number of nitrogens with zero attached hydrogens (tertiary/aromatic N) is 2. The third kappa shape index (κ3) is 3.02. The van der Waals surface area contributed by atoms with E-state index in [9.17, 15) is 4.79 Å². The molecule has 0 aliphatic carbocycles. The number of rotatable bonds is 3. The predicted molar refractivity (Wildman–Crippen MR) is 73.4 cm³/mol. The van der Waals surface area contributed by atoms with Gasteiger partial charge in [0.1, 0.15) is 5.69 Å². The molecule has 0 aliphatic rings.